The predicted molar refractivity (Wildman–Crippen MR) is 100 cm³/mol. The van der Waals surface area contributed by atoms with Crippen molar-refractivity contribution in [3.8, 4) is 17.2 Å². The number of hydrazine groups is 1. The van der Waals surface area contributed by atoms with Gasteiger partial charge >= 0.3 is 0 Å². The Morgan fingerprint density at radius 1 is 0.963 bits per heavy atom. The monoisotopic (exact) mass is 372 g/mol. The lowest BCUT2D eigenvalue weighted by molar-refractivity contribution is -0.121. The number of rotatable bonds is 7. The highest BCUT2D eigenvalue weighted by Gasteiger charge is 2.18. The molecule has 27 heavy (non-hydrogen) atoms. The van der Waals surface area contributed by atoms with E-state index < -0.39 is 11.8 Å². The van der Waals surface area contributed by atoms with E-state index in [4.69, 9.17) is 0 Å². The van der Waals surface area contributed by atoms with Gasteiger partial charge in [0.2, 0.25) is 5.91 Å². The summed E-state index contributed by atoms with van der Waals surface area (Å²) in [7, 11) is 0. The van der Waals surface area contributed by atoms with Gasteiger partial charge in [-0.05, 0) is 42.2 Å². The van der Waals surface area contributed by atoms with Gasteiger partial charge in [-0.25, -0.2) is 0 Å². The van der Waals surface area contributed by atoms with Crippen molar-refractivity contribution in [3.63, 3.8) is 0 Å². The molecule has 0 aliphatic heterocycles. The summed E-state index contributed by atoms with van der Waals surface area (Å²) in [6.07, 6.45) is 3.26. The van der Waals surface area contributed by atoms with Crippen molar-refractivity contribution in [1.82, 2.24) is 10.9 Å². The Morgan fingerprint density at radius 3 is 2.44 bits per heavy atom. The third kappa shape index (κ3) is 5.91. The number of aryl methyl sites for hydroxylation is 1. The number of aromatic hydroxyl groups is 3. The maximum absolute atomic E-state index is 12.4. The molecule has 0 aromatic heterocycles. The van der Waals surface area contributed by atoms with Crippen molar-refractivity contribution in [3.05, 3.63) is 53.1 Å². The third-order valence-corrected chi connectivity index (χ3v) is 4.05. The first kappa shape index (κ1) is 20.1. The minimum atomic E-state index is -0.664. The number of hydrogen-bond donors (Lipinski definition) is 5. The molecule has 0 saturated carbocycles. The van der Waals surface area contributed by atoms with E-state index in [1.54, 1.807) is 12.1 Å². The standard InChI is InChI=1S/C20H24N2O5/c1-2-3-4-7-14-11-16(24)12-17(25)19(14)20(27)22-21-18(26)10-13-6-5-8-15(23)9-13/h5-6,8-9,11-12,23-25H,2-4,7,10H2,1H3,(H,21,26)(H,22,27). The number of hydrogen-bond acceptors (Lipinski definition) is 5. The summed E-state index contributed by atoms with van der Waals surface area (Å²) >= 11 is 0. The molecule has 2 amide bonds. The van der Waals surface area contributed by atoms with E-state index in [9.17, 15) is 24.9 Å². The van der Waals surface area contributed by atoms with E-state index in [-0.39, 0.29) is 29.2 Å². The van der Waals surface area contributed by atoms with Gasteiger partial charge in [0, 0.05) is 6.07 Å². The molecule has 7 heteroatoms. The molecular weight excluding hydrogens is 348 g/mol. The van der Waals surface area contributed by atoms with Crippen LogP contribution in [0.5, 0.6) is 17.2 Å². The Balaban J connectivity index is 2.03. The maximum Gasteiger partial charge on any atom is 0.273 e. The summed E-state index contributed by atoms with van der Waals surface area (Å²) in [5, 5.41) is 29.2. The van der Waals surface area contributed by atoms with Crippen LogP contribution in [0.1, 0.15) is 47.7 Å². The van der Waals surface area contributed by atoms with Crippen molar-refractivity contribution in [1.29, 1.82) is 0 Å². The van der Waals surface area contributed by atoms with Crippen LogP contribution < -0.4 is 10.9 Å². The number of phenolic OH excluding ortho intramolecular Hbond substituents is 3. The largest absolute Gasteiger partial charge is 0.508 e. The number of nitrogens with one attached hydrogen (secondary N) is 2. The van der Waals surface area contributed by atoms with E-state index in [0.717, 1.165) is 25.3 Å². The van der Waals surface area contributed by atoms with Gasteiger partial charge in [0.1, 0.15) is 17.2 Å². The summed E-state index contributed by atoms with van der Waals surface area (Å²) in [5.74, 6) is -1.55. The van der Waals surface area contributed by atoms with Crippen LogP contribution in [0.3, 0.4) is 0 Å². The van der Waals surface area contributed by atoms with Gasteiger partial charge in [-0.1, -0.05) is 31.9 Å². The zero-order chi connectivity index (χ0) is 19.8. The maximum atomic E-state index is 12.4. The second-order valence-corrected chi connectivity index (χ2v) is 6.31. The number of benzene rings is 2. The molecule has 0 saturated heterocycles. The lowest BCUT2D eigenvalue weighted by atomic mass is 9.99. The van der Waals surface area contributed by atoms with Gasteiger partial charge in [0.15, 0.2) is 0 Å². The van der Waals surface area contributed by atoms with Gasteiger partial charge in [0.05, 0.1) is 12.0 Å². The summed E-state index contributed by atoms with van der Waals surface area (Å²) < 4.78 is 0. The van der Waals surface area contributed by atoms with E-state index >= 15 is 0 Å². The van der Waals surface area contributed by atoms with Crippen LogP contribution in [0.15, 0.2) is 36.4 Å². The average Bonchev–Trinajstić information content (AvgIpc) is 2.59. The Morgan fingerprint density at radius 2 is 1.74 bits per heavy atom. The highest BCUT2D eigenvalue weighted by Crippen LogP contribution is 2.28. The fraction of sp³-hybridized carbons (Fsp3) is 0.300. The van der Waals surface area contributed by atoms with E-state index in [2.05, 4.69) is 17.8 Å². The SMILES string of the molecule is CCCCCc1cc(O)cc(O)c1C(=O)NNC(=O)Cc1cccc(O)c1. The van der Waals surface area contributed by atoms with Crippen molar-refractivity contribution in [2.24, 2.45) is 0 Å². The van der Waals surface area contributed by atoms with Crippen LogP contribution in [0.2, 0.25) is 0 Å². The van der Waals surface area contributed by atoms with E-state index in [0.29, 0.717) is 17.5 Å². The first-order chi connectivity index (χ1) is 12.9. The van der Waals surface area contributed by atoms with Crippen molar-refractivity contribution in [2.45, 2.75) is 39.0 Å². The highest BCUT2D eigenvalue weighted by atomic mass is 16.3. The fourth-order valence-corrected chi connectivity index (χ4v) is 2.78. The van der Waals surface area contributed by atoms with Crippen LogP contribution in [0, 0.1) is 0 Å². The molecule has 2 aromatic rings. The predicted octanol–water partition coefficient (Wildman–Crippen LogP) is 2.54. The molecule has 144 valence electrons. The van der Waals surface area contributed by atoms with Crippen LogP contribution in [-0.4, -0.2) is 27.1 Å². The molecule has 0 fully saturated rings. The zero-order valence-electron chi connectivity index (χ0n) is 15.2. The lowest BCUT2D eigenvalue weighted by Gasteiger charge is -2.13. The third-order valence-electron chi connectivity index (χ3n) is 4.05. The lowest BCUT2D eigenvalue weighted by Crippen LogP contribution is -2.42. The van der Waals surface area contributed by atoms with Crippen LogP contribution >= 0.6 is 0 Å². The molecule has 0 aliphatic rings. The summed E-state index contributed by atoms with van der Waals surface area (Å²) in [4.78, 5) is 24.4. The number of carbonyl (C=O) groups excluding carboxylic acids is 2. The molecule has 0 heterocycles. The number of amides is 2. The zero-order valence-corrected chi connectivity index (χ0v) is 15.2. The number of phenols is 3. The molecule has 0 atom stereocenters. The molecule has 0 radical (unpaired) electrons. The van der Waals surface area contributed by atoms with Gasteiger partial charge in [0.25, 0.3) is 5.91 Å². The van der Waals surface area contributed by atoms with Crippen LogP contribution in [0.4, 0.5) is 0 Å². The van der Waals surface area contributed by atoms with Crippen LogP contribution in [-0.2, 0) is 17.6 Å². The molecule has 0 spiro atoms. The van der Waals surface area contributed by atoms with Gasteiger partial charge < -0.3 is 15.3 Å². The first-order valence-electron chi connectivity index (χ1n) is 8.82. The number of carbonyl (C=O) groups is 2. The Labute approximate surface area is 157 Å². The molecule has 2 rings (SSSR count). The first-order valence-corrected chi connectivity index (χ1v) is 8.82. The molecule has 0 bridgehead atoms. The van der Waals surface area contributed by atoms with Crippen molar-refractivity contribution < 1.29 is 24.9 Å². The Bertz CT molecular complexity index is 820. The minimum absolute atomic E-state index is 0.0282. The molecule has 5 N–H and O–H groups in total. The van der Waals surface area contributed by atoms with E-state index in [1.807, 2.05) is 0 Å². The fourth-order valence-electron chi connectivity index (χ4n) is 2.78. The average molecular weight is 372 g/mol. The van der Waals surface area contributed by atoms with E-state index in [1.165, 1.54) is 18.2 Å². The topological polar surface area (TPSA) is 119 Å². The molecule has 0 unspecified atom stereocenters. The molecule has 2 aromatic carbocycles. The summed E-state index contributed by atoms with van der Waals surface area (Å²) in [6, 6.07) is 8.79. The second kappa shape index (κ2) is 9.47. The minimum Gasteiger partial charge on any atom is -0.508 e. The summed E-state index contributed by atoms with van der Waals surface area (Å²) in [5.41, 5.74) is 5.71. The van der Waals surface area contributed by atoms with Crippen LogP contribution in [0.25, 0.3) is 0 Å². The van der Waals surface area contributed by atoms with Gasteiger partial charge in [-0.2, -0.15) is 0 Å². The molecular formula is C20H24N2O5. The number of unbranched alkanes of at least 4 members (excludes halogenated alkanes) is 2. The quantitative estimate of drug-likeness (QED) is 0.378. The van der Waals surface area contributed by atoms with Gasteiger partial charge in [-0.15, -0.1) is 0 Å². The van der Waals surface area contributed by atoms with Crippen molar-refractivity contribution in [2.75, 3.05) is 0 Å². The normalized spacial score (nSPS) is 10.4. The smallest absolute Gasteiger partial charge is 0.273 e. The van der Waals surface area contributed by atoms with Crippen molar-refractivity contribution >= 4 is 11.8 Å². The highest BCUT2D eigenvalue weighted by molar-refractivity contribution is 5.99. The molecule has 0 aliphatic carbocycles. The Hall–Kier alpha value is -3.22. The molecule has 7 nitrogen and oxygen atoms in total. The summed E-state index contributed by atoms with van der Waals surface area (Å²) in [6.45, 7) is 2.05. The van der Waals surface area contributed by atoms with Gasteiger partial charge in [-0.3, -0.25) is 20.4 Å². The Kier molecular flexibility index (Phi) is 7.05. The second-order valence-electron chi connectivity index (χ2n) is 6.31.